The molecule has 1 saturated heterocycles. The predicted molar refractivity (Wildman–Crippen MR) is 64.9 cm³/mol. The molecule has 1 fully saturated rings. The van der Waals surface area contributed by atoms with Crippen LogP contribution in [0.15, 0.2) is 24.3 Å². The molecule has 0 radical (unpaired) electrons. The molecule has 0 N–H and O–H groups in total. The highest BCUT2D eigenvalue weighted by Crippen LogP contribution is 2.39. The Kier molecular flexibility index (Phi) is 3.92. The lowest BCUT2D eigenvalue weighted by molar-refractivity contribution is -0.182. The minimum atomic E-state index is -0.984. The van der Waals surface area contributed by atoms with E-state index in [1.165, 1.54) is 19.3 Å². The lowest BCUT2D eigenvalue weighted by Gasteiger charge is -2.25. The van der Waals surface area contributed by atoms with Crippen LogP contribution in [0.4, 0.5) is 0 Å². The summed E-state index contributed by atoms with van der Waals surface area (Å²) in [6.45, 7) is 0. The maximum absolute atomic E-state index is 12.0. The largest absolute Gasteiger partial charge is 0.469 e. The third-order valence-corrected chi connectivity index (χ3v) is 3.27. The van der Waals surface area contributed by atoms with Gasteiger partial charge >= 0.3 is 11.9 Å². The number of carbonyl (C=O) groups is 2. The Balaban J connectivity index is 2.35. The molecule has 2 rings (SSSR count). The van der Waals surface area contributed by atoms with Crippen molar-refractivity contribution in [3.05, 3.63) is 29.8 Å². The van der Waals surface area contributed by atoms with Crippen LogP contribution in [-0.4, -0.2) is 44.4 Å². The molecule has 3 atom stereocenters. The molecule has 0 amide bonds. The smallest absolute Gasteiger partial charge is 0.338 e. The van der Waals surface area contributed by atoms with Gasteiger partial charge in [-0.1, -0.05) is 0 Å². The first-order valence-corrected chi connectivity index (χ1v) is 5.87. The predicted octanol–water partition coefficient (Wildman–Crippen LogP) is 0.654. The first kappa shape index (κ1) is 13.6. The Morgan fingerprint density at radius 2 is 2.00 bits per heavy atom. The van der Waals surface area contributed by atoms with Gasteiger partial charge in [-0.05, 0) is 0 Å². The van der Waals surface area contributed by atoms with Crippen molar-refractivity contribution >= 4 is 11.9 Å². The van der Waals surface area contributed by atoms with E-state index in [2.05, 4.69) is 4.74 Å². The zero-order valence-corrected chi connectivity index (χ0v) is 11.0. The SMILES string of the molecule is COC(=O)[C@@H]1[C@@H](C(=O)OC)ON(C)[C@@H]1c1cc[cH-]c1. The monoisotopic (exact) mass is 266 g/mol. The molecule has 6 heteroatoms. The maximum atomic E-state index is 12.0. The van der Waals surface area contributed by atoms with Crippen LogP contribution < -0.4 is 0 Å². The van der Waals surface area contributed by atoms with E-state index in [0.717, 1.165) is 5.56 Å². The van der Waals surface area contributed by atoms with Gasteiger partial charge in [-0.25, -0.2) is 10.9 Å². The van der Waals surface area contributed by atoms with E-state index in [1.54, 1.807) is 7.05 Å². The van der Waals surface area contributed by atoms with Gasteiger partial charge in [0.2, 0.25) is 0 Å². The fraction of sp³-hybridized carbons (Fsp3) is 0.462. The standard InChI is InChI=1S/C13H16NO5/c1-14-10(8-6-4-5-7-8)9(12(15)17-2)11(19-14)13(16)18-3/h4-7,9-11H,1-3H3/q-1/t9-,10+,11-/m0/s1. The normalized spacial score (nSPS) is 27.2. The van der Waals surface area contributed by atoms with E-state index < -0.39 is 24.0 Å². The van der Waals surface area contributed by atoms with Crippen molar-refractivity contribution < 1.29 is 23.9 Å². The molecule has 104 valence electrons. The second kappa shape index (κ2) is 5.46. The minimum absolute atomic E-state index is 0.369. The molecular formula is C13H16NO5-. The van der Waals surface area contributed by atoms with Crippen molar-refractivity contribution in [3.63, 3.8) is 0 Å². The summed E-state index contributed by atoms with van der Waals surface area (Å²) in [5, 5.41) is 1.50. The molecule has 0 spiro atoms. The topological polar surface area (TPSA) is 65.1 Å². The van der Waals surface area contributed by atoms with Crippen molar-refractivity contribution in [3.8, 4) is 0 Å². The van der Waals surface area contributed by atoms with Crippen LogP contribution in [0.3, 0.4) is 0 Å². The lowest BCUT2D eigenvalue weighted by Crippen LogP contribution is -2.35. The van der Waals surface area contributed by atoms with Crippen molar-refractivity contribution in [2.45, 2.75) is 12.1 Å². The van der Waals surface area contributed by atoms with Crippen LogP contribution in [-0.2, 0) is 23.9 Å². The number of rotatable bonds is 3. The van der Waals surface area contributed by atoms with Crippen molar-refractivity contribution in [1.29, 1.82) is 0 Å². The van der Waals surface area contributed by atoms with Crippen LogP contribution in [0.2, 0.25) is 0 Å². The number of methoxy groups -OCH3 is 2. The van der Waals surface area contributed by atoms with E-state index in [9.17, 15) is 9.59 Å². The number of esters is 2. The summed E-state index contributed by atoms with van der Waals surface area (Å²) in [4.78, 5) is 29.1. The van der Waals surface area contributed by atoms with Gasteiger partial charge in [0, 0.05) is 13.1 Å². The molecule has 0 unspecified atom stereocenters. The summed E-state index contributed by atoms with van der Waals surface area (Å²) in [7, 11) is 4.23. The van der Waals surface area contributed by atoms with Crippen LogP contribution >= 0.6 is 0 Å². The highest BCUT2D eigenvalue weighted by Gasteiger charge is 2.49. The molecule has 1 aliphatic rings. The van der Waals surface area contributed by atoms with Gasteiger partial charge in [0.15, 0.2) is 6.10 Å². The molecule has 1 aromatic rings. The average molecular weight is 266 g/mol. The zero-order chi connectivity index (χ0) is 14.0. The number of hydroxylamine groups is 2. The van der Waals surface area contributed by atoms with Crippen molar-refractivity contribution in [2.24, 2.45) is 5.92 Å². The number of nitrogens with zero attached hydrogens (tertiary/aromatic N) is 1. The summed E-state index contributed by atoms with van der Waals surface area (Å²) >= 11 is 0. The zero-order valence-electron chi connectivity index (χ0n) is 11.0. The molecule has 0 saturated carbocycles. The summed E-state index contributed by atoms with van der Waals surface area (Å²) < 4.78 is 9.46. The molecule has 0 aliphatic carbocycles. The Labute approximate surface area is 111 Å². The van der Waals surface area contributed by atoms with E-state index in [4.69, 9.17) is 9.57 Å². The summed E-state index contributed by atoms with van der Waals surface area (Å²) in [5.41, 5.74) is 0.893. The molecule has 1 heterocycles. The third kappa shape index (κ3) is 2.36. The van der Waals surface area contributed by atoms with Gasteiger partial charge in [0.05, 0.1) is 14.2 Å². The number of carbonyl (C=O) groups excluding carboxylic acids is 2. The molecule has 0 bridgehead atoms. The lowest BCUT2D eigenvalue weighted by atomic mass is 9.91. The fourth-order valence-electron chi connectivity index (χ4n) is 2.40. The van der Waals surface area contributed by atoms with E-state index >= 15 is 0 Å². The van der Waals surface area contributed by atoms with Crippen LogP contribution in [0.1, 0.15) is 11.6 Å². The Morgan fingerprint density at radius 3 is 2.53 bits per heavy atom. The van der Waals surface area contributed by atoms with E-state index in [0.29, 0.717) is 0 Å². The highest BCUT2D eigenvalue weighted by atomic mass is 16.7. The van der Waals surface area contributed by atoms with Crippen LogP contribution in [0, 0.1) is 5.92 Å². The van der Waals surface area contributed by atoms with E-state index in [-0.39, 0.29) is 6.04 Å². The molecule has 1 aliphatic heterocycles. The first-order valence-electron chi connectivity index (χ1n) is 5.87. The minimum Gasteiger partial charge on any atom is -0.469 e. The molecular weight excluding hydrogens is 250 g/mol. The average Bonchev–Trinajstić information content (AvgIpc) is 3.03. The van der Waals surface area contributed by atoms with Gasteiger partial charge in [0.1, 0.15) is 5.92 Å². The molecule has 6 nitrogen and oxygen atoms in total. The van der Waals surface area contributed by atoms with Gasteiger partial charge in [-0.3, -0.25) is 9.63 Å². The maximum Gasteiger partial charge on any atom is 0.338 e. The fourth-order valence-corrected chi connectivity index (χ4v) is 2.40. The second-order valence-electron chi connectivity index (χ2n) is 4.31. The first-order chi connectivity index (χ1) is 9.10. The Hall–Kier alpha value is -1.79. The van der Waals surface area contributed by atoms with Gasteiger partial charge in [-0.15, -0.1) is 0 Å². The van der Waals surface area contributed by atoms with Crippen LogP contribution in [0.5, 0.6) is 0 Å². The highest BCUT2D eigenvalue weighted by molar-refractivity contribution is 5.85. The number of ether oxygens (including phenoxy) is 2. The van der Waals surface area contributed by atoms with Gasteiger partial charge < -0.3 is 9.47 Å². The number of hydrogen-bond donors (Lipinski definition) is 0. The van der Waals surface area contributed by atoms with Crippen LogP contribution in [0.25, 0.3) is 0 Å². The molecule has 0 aromatic heterocycles. The molecule has 1 aromatic carbocycles. The Morgan fingerprint density at radius 1 is 1.32 bits per heavy atom. The van der Waals surface area contributed by atoms with Crippen molar-refractivity contribution in [1.82, 2.24) is 5.06 Å². The van der Waals surface area contributed by atoms with Crippen molar-refractivity contribution in [2.75, 3.05) is 21.3 Å². The Bertz CT molecular complexity index is 456. The molecule has 19 heavy (non-hydrogen) atoms. The third-order valence-electron chi connectivity index (χ3n) is 3.27. The summed E-state index contributed by atoms with van der Waals surface area (Å²) in [5.74, 6) is -1.83. The van der Waals surface area contributed by atoms with Gasteiger partial charge in [-0.2, -0.15) is 28.8 Å². The second-order valence-corrected chi connectivity index (χ2v) is 4.31. The number of hydrogen-bond acceptors (Lipinski definition) is 6. The van der Waals surface area contributed by atoms with Gasteiger partial charge in [0.25, 0.3) is 0 Å². The summed E-state index contributed by atoms with van der Waals surface area (Å²) in [6, 6.07) is 7.11. The quantitative estimate of drug-likeness (QED) is 0.591. The van der Waals surface area contributed by atoms with E-state index in [1.807, 2.05) is 24.3 Å². The summed E-state index contributed by atoms with van der Waals surface area (Å²) in [6.07, 6.45) is -0.984.